The molecule has 2 amide bonds. The van der Waals surface area contributed by atoms with Gasteiger partial charge in [-0.15, -0.1) is 0 Å². The van der Waals surface area contributed by atoms with Crippen LogP contribution in [0.4, 0.5) is 21.0 Å². The molecule has 13 heteroatoms. The molecule has 1 aliphatic heterocycles. The zero-order chi connectivity index (χ0) is 32.7. The number of carboxylic acid groups (broad SMARTS) is 1. The summed E-state index contributed by atoms with van der Waals surface area (Å²) >= 11 is 0. The van der Waals surface area contributed by atoms with Gasteiger partial charge in [0.1, 0.15) is 17.5 Å². The van der Waals surface area contributed by atoms with Crippen molar-refractivity contribution in [1.29, 1.82) is 0 Å². The van der Waals surface area contributed by atoms with Crippen molar-refractivity contribution in [2.75, 3.05) is 29.1 Å². The molecule has 3 fully saturated rings. The van der Waals surface area contributed by atoms with Crippen LogP contribution in [0.3, 0.4) is 0 Å². The normalized spacial score (nSPS) is 19.1. The van der Waals surface area contributed by atoms with Gasteiger partial charge in [-0.2, -0.15) is 0 Å². The minimum atomic E-state index is -4.26. The minimum absolute atomic E-state index is 0.0568. The molecule has 0 bridgehead atoms. The van der Waals surface area contributed by atoms with Crippen molar-refractivity contribution in [3.63, 3.8) is 0 Å². The highest BCUT2D eigenvalue weighted by atomic mass is 32.2. The van der Waals surface area contributed by atoms with Crippen molar-refractivity contribution in [2.24, 2.45) is 5.41 Å². The van der Waals surface area contributed by atoms with Gasteiger partial charge in [0.15, 0.2) is 5.76 Å². The smallest absolute Gasteiger partial charge is 0.412 e. The van der Waals surface area contributed by atoms with Crippen LogP contribution in [0.5, 0.6) is 0 Å². The Labute approximate surface area is 267 Å². The maximum Gasteiger partial charge on any atom is 0.412 e. The third-order valence-electron chi connectivity index (χ3n) is 9.47. The number of aliphatic carboxylic acids is 1. The number of carboxylic acids is 1. The molecule has 1 saturated heterocycles. The second kappa shape index (κ2) is 12.1. The number of aryl methyl sites for hydroxylation is 1. The predicted molar refractivity (Wildman–Crippen MR) is 169 cm³/mol. The van der Waals surface area contributed by atoms with Gasteiger partial charge in [0.05, 0.1) is 16.7 Å². The van der Waals surface area contributed by atoms with Crippen LogP contribution < -0.4 is 15.5 Å². The van der Waals surface area contributed by atoms with Gasteiger partial charge >= 0.3 is 17.3 Å². The van der Waals surface area contributed by atoms with E-state index in [9.17, 15) is 27.9 Å². The number of rotatable bonds is 10. The highest BCUT2D eigenvalue weighted by Crippen LogP contribution is 2.49. The lowest BCUT2D eigenvalue weighted by molar-refractivity contribution is -0.142. The van der Waals surface area contributed by atoms with Crippen LogP contribution in [0, 0.1) is 12.3 Å². The Bertz CT molecular complexity index is 1720. The number of carbonyl (C=O) groups is 3. The van der Waals surface area contributed by atoms with E-state index in [2.05, 4.69) is 20.7 Å². The maximum absolute atomic E-state index is 12.7. The van der Waals surface area contributed by atoms with E-state index in [0.29, 0.717) is 30.0 Å². The third-order valence-corrected chi connectivity index (χ3v) is 11.1. The van der Waals surface area contributed by atoms with E-state index in [0.717, 1.165) is 42.7 Å². The Morgan fingerprint density at radius 2 is 1.70 bits per heavy atom. The fourth-order valence-electron chi connectivity index (χ4n) is 6.18. The average molecular weight is 651 g/mol. The lowest BCUT2D eigenvalue weighted by Gasteiger charge is -2.33. The topological polar surface area (TPSA) is 168 Å². The van der Waals surface area contributed by atoms with Crippen LogP contribution in [0.2, 0.25) is 0 Å². The Morgan fingerprint density at radius 1 is 1.04 bits per heavy atom. The number of amides is 2. The van der Waals surface area contributed by atoms with Gasteiger partial charge in [0.2, 0.25) is 9.84 Å². The number of nitrogens with zero attached hydrogens (tertiary/aromatic N) is 2. The van der Waals surface area contributed by atoms with E-state index in [1.54, 1.807) is 6.92 Å². The van der Waals surface area contributed by atoms with Gasteiger partial charge in [-0.05, 0) is 75.6 Å². The van der Waals surface area contributed by atoms with Gasteiger partial charge < -0.3 is 24.6 Å². The molecular weight excluding hydrogens is 612 g/mol. The molecule has 2 saturated carbocycles. The number of hydrogen-bond donors (Lipinski definition) is 3. The first kappa shape index (κ1) is 31.6. The molecule has 12 nitrogen and oxygen atoms in total. The van der Waals surface area contributed by atoms with Crippen molar-refractivity contribution in [2.45, 2.75) is 69.9 Å². The van der Waals surface area contributed by atoms with Crippen molar-refractivity contribution >= 4 is 38.5 Å². The average Bonchev–Trinajstić information content (AvgIpc) is 3.97. The van der Waals surface area contributed by atoms with Gasteiger partial charge in [-0.1, -0.05) is 47.6 Å². The van der Waals surface area contributed by atoms with E-state index in [-0.39, 0.29) is 18.8 Å². The predicted octanol–water partition coefficient (Wildman–Crippen LogP) is 5.66. The van der Waals surface area contributed by atoms with Crippen molar-refractivity contribution in [1.82, 2.24) is 10.5 Å². The maximum atomic E-state index is 12.7. The van der Waals surface area contributed by atoms with E-state index in [1.165, 1.54) is 0 Å². The van der Waals surface area contributed by atoms with E-state index < -0.39 is 49.9 Å². The summed E-state index contributed by atoms with van der Waals surface area (Å²) in [5, 5.41) is 17.9. The number of aromatic nitrogens is 1. The number of hydrogen-bond acceptors (Lipinski definition) is 9. The van der Waals surface area contributed by atoms with Crippen molar-refractivity contribution < 1.29 is 37.2 Å². The molecule has 3 N–H and O–H groups in total. The number of benzene rings is 2. The lowest BCUT2D eigenvalue weighted by atomic mass is 9.92. The number of carbonyl (C=O) groups excluding carboxylic acids is 2. The summed E-state index contributed by atoms with van der Waals surface area (Å²) in [6.07, 6.45) is 2.29. The molecule has 6 rings (SSSR count). The van der Waals surface area contributed by atoms with Gasteiger partial charge in [-0.3, -0.25) is 14.9 Å². The molecular formula is C33H38N4O8S. The molecule has 244 valence electrons. The second-order valence-electron chi connectivity index (χ2n) is 12.7. The zero-order valence-electron chi connectivity index (χ0n) is 25.8. The van der Waals surface area contributed by atoms with E-state index >= 15 is 0 Å². The molecule has 0 radical (unpaired) electrons. The molecule has 1 aromatic heterocycles. The second-order valence-corrected chi connectivity index (χ2v) is 14.6. The molecule has 3 aliphatic rings. The molecule has 0 unspecified atom stereocenters. The number of nitrogens with one attached hydrogen (secondary N) is 2. The van der Waals surface area contributed by atoms with Crippen LogP contribution >= 0.6 is 0 Å². The van der Waals surface area contributed by atoms with Gasteiger partial charge in [0, 0.05) is 24.7 Å². The summed E-state index contributed by atoms with van der Waals surface area (Å²) in [5.74, 6) is -1.16. The molecule has 2 aliphatic carbocycles. The Morgan fingerprint density at radius 3 is 2.28 bits per heavy atom. The van der Waals surface area contributed by atoms with Gasteiger partial charge in [0.25, 0.3) is 0 Å². The Kier molecular flexibility index (Phi) is 8.30. The lowest BCUT2D eigenvalue weighted by Crippen LogP contribution is -2.41. The van der Waals surface area contributed by atoms with Crippen LogP contribution in [-0.2, 0) is 24.9 Å². The standard InChI is InChI=1S/C33H38N4O8S/c1-21-27(34-30(40)44-22(2)23-6-4-3-5-7-23)28(45-36-21)24-12-18-37(19-13-24)26-10-8-25(9-11-26)33(16-17-33)35-31(41)46(42,43)20-32(14-15-32)29(38)39/h3-11,22,24H,12-20H2,1-2H3,(H,34,40)(H,35,41)(H,38,39)/t22-/m1/s1. The highest BCUT2D eigenvalue weighted by Gasteiger charge is 2.55. The molecule has 2 heterocycles. The first-order valence-corrected chi connectivity index (χ1v) is 17.2. The summed E-state index contributed by atoms with van der Waals surface area (Å²) in [6.45, 7) is 5.08. The highest BCUT2D eigenvalue weighted by molar-refractivity contribution is 8.06. The molecule has 2 aromatic carbocycles. The Balaban J connectivity index is 1.04. The van der Waals surface area contributed by atoms with Crippen molar-refractivity contribution in [3.8, 4) is 0 Å². The molecule has 3 aromatic rings. The molecule has 1 atom stereocenters. The summed E-state index contributed by atoms with van der Waals surface area (Å²) in [4.78, 5) is 39.2. The number of sulfone groups is 1. The molecule has 0 spiro atoms. The number of ether oxygens (including phenoxy) is 1. The third kappa shape index (κ3) is 6.46. The minimum Gasteiger partial charge on any atom is -0.481 e. The van der Waals surface area contributed by atoms with E-state index in [1.807, 2.05) is 61.5 Å². The van der Waals surface area contributed by atoms with E-state index in [4.69, 9.17) is 9.26 Å². The van der Waals surface area contributed by atoms with Crippen LogP contribution in [0.25, 0.3) is 0 Å². The SMILES string of the molecule is Cc1noc(C2CCN(c3ccc(C4(NC(=O)S(=O)(=O)CC5(C(=O)O)CC5)CC4)cc3)CC2)c1NC(=O)O[C@H](C)c1ccccc1. The fraction of sp³-hybridized carbons (Fsp3) is 0.455. The number of anilines is 2. The fourth-order valence-corrected chi connectivity index (χ4v) is 7.80. The summed E-state index contributed by atoms with van der Waals surface area (Å²) in [5.41, 5.74) is 1.74. The number of piperidine rings is 1. The summed E-state index contributed by atoms with van der Waals surface area (Å²) < 4.78 is 36.6. The zero-order valence-corrected chi connectivity index (χ0v) is 26.6. The quantitative estimate of drug-likeness (QED) is 0.249. The van der Waals surface area contributed by atoms with Crippen LogP contribution in [0.1, 0.15) is 80.1 Å². The first-order chi connectivity index (χ1) is 21.9. The van der Waals surface area contributed by atoms with Crippen LogP contribution in [0.15, 0.2) is 59.1 Å². The summed E-state index contributed by atoms with van der Waals surface area (Å²) in [6, 6.07) is 17.3. The largest absolute Gasteiger partial charge is 0.481 e. The summed E-state index contributed by atoms with van der Waals surface area (Å²) in [7, 11) is -4.26. The molecule has 46 heavy (non-hydrogen) atoms. The van der Waals surface area contributed by atoms with Crippen molar-refractivity contribution in [3.05, 3.63) is 77.2 Å². The van der Waals surface area contributed by atoms with Gasteiger partial charge in [-0.25, -0.2) is 13.2 Å². The Hall–Kier alpha value is -4.39. The van der Waals surface area contributed by atoms with Crippen LogP contribution in [-0.4, -0.2) is 54.8 Å². The first-order valence-electron chi connectivity index (χ1n) is 15.5. The monoisotopic (exact) mass is 650 g/mol.